The van der Waals surface area contributed by atoms with Crippen LogP contribution in [0.1, 0.15) is 23.6 Å². The van der Waals surface area contributed by atoms with E-state index in [1.54, 1.807) is 6.07 Å². The van der Waals surface area contributed by atoms with Crippen LogP contribution in [-0.2, 0) is 11.2 Å². The lowest BCUT2D eigenvalue weighted by atomic mass is 10.0. The van der Waals surface area contributed by atoms with Crippen molar-refractivity contribution in [1.29, 1.82) is 0 Å². The predicted octanol–water partition coefficient (Wildman–Crippen LogP) is 2.98. The monoisotopic (exact) mass is 335 g/mol. The van der Waals surface area contributed by atoms with E-state index in [1.165, 1.54) is 23.1 Å². The molecular formula is C18H16F3NO2. The molecule has 1 amide bonds. The lowest BCUT2D eigenvalue weighted by molar-refractivity contribution is -0.131. The lowest BCUT2D eigenvalue weighted by Gasteiger charge is -2.25. The van der Waals surface area contributed by atoms with Crippen LogP contribution in [0.25, 0.3) is 0 Å². The standard InChI is InChI=1S/C18H16F3NO2/c19-12-5-6-16(21)14(8-12)17-9-13(23)10-22(17)18(24)7-11-3-1-2-4-15(11)20/h1-6,8,13,17,23H,7,9-10H2. The van der Waals surface area contributed by atoms with Gasteiger partial charge in [0.1, 0.15) is 17.5 Å². The van der Waals surface area contributed by atoms with Gasteiger partial charge in [-0.25, -0.2) is 13.2 Å². The number of halogens is 3. The van der Waals surface area contributed by atoms with Gasteiger partial charge in [0.2, 0.25) is 5.91 Å². The Morgan fingerprint density at radius 3 is 2.62 bits per heavy atom. The maximum absolute atomic E-state index is 14.0. The summed E-state index contributed by atoms with van der Waals surface area (Å²) in [6, 6.07) is 8.14. The van der Waals surface area contributed by atoms with Crippen molar-refractivity contribution in [1.82, 2.24) is 4.90 Å². The number of nitrogens with zero attached hydrogens (tertiary/aromatic N) is 1. The normalized spacial score (nSPS) is 20.4. The summed E-state index contributed by atoms with van der Waals surface area (Å²) in [5.41, 5.74) is 0.246. The second-order valence-corrected chi connectivity index (χ2v) is 5.89. The second-order valence-electron chi connectivity index (χ2n) is 5.89. The molecule has 3 rings (SSSR count). The van der Waals surface area contributed by atoms with E-state index in [0.29, 0.717) is 0 Å². The van der Waals surface area contributed by atoms with Gasteiger partial charge in [0, 0.05) is 12.1 Å². The van der Waals surface area contributed by atoms with Crippen molar-refractivity contribution in [2.45, 2.75) is 25.0 Å². The minimum atomic E-state index is -0.831. The zero-order valence-electron chi connectivity index (χ0n) is 12.8. The number of aliphatic hydroxyl groups excluding tert-OH is 1. The summed E-state index contributed by atoms with van der Waals surface area (Å²) in [6.07, 6.45) is -0.918. The Morgan fingerprint density at radius 2 is 1.88 bits per heavy atom. The molecule has 2 aromatic rings. The summed E-state index contributed by atoms with van der Waals surface area (Å²) in [5, 5.41) is 9.88. The molecule has 24 heavy (non-hydrogen) atoms. The van der Waals surface area contributed by atoms with Crippen molar-refractivity contribution in [3.8, 4) is 0 Å². The lowest BCUT2D eigenvalue weighted by Crippen LogP contribution is -2.33. The van der Waals surface area contributed by atoms with Crippen LogP contribution in [-0.4, -0.2) is 28.6 Å². The van der Waals surface area contributed by atoms with E-state index in [2.05, 4.69) is 0 Å². The fraction of sp³-hybridized carbons (Fsp3) is 0.278. The smallest absolute Gasteiger partial charge is 0.227 e. The summed E-state index contributed by atoms with van der Waals surface area (Å²) < 4.78 is 41.2. The number of rotatable bonds is 3. The molecule has 0 aromatic heterocycles. The zero-order chi connectivity index (χ0) is 17.3. The van der Waals surface area contributed by atoms with Gasteiger partial charge in [0.15, 0.2) is 0 Å². The molecule has 1 saturated heterocycles. The molecule has 1 aliphatic heterocycles. The Bertz CT molecular complexity index is 766. The Morgan fingerprint density at radius 1 is 1.12 bits per heavy atom. The molecule has 1 heterocycles. The van der Waals surface area contributed by atoms with Gasteiger partial charge in [-0.05, 0) is 36.2 Å². The number of amides is 1. The van der Waals surface area contributed by atoms with Crippen LogP contribution in [0.15, 0.2) is 42.5 Å². The molecule has 126 valence electrons. The molecule has 0 bridgehead atoms. The zero-order valence-corrected chi connectivity index (χ0v) is 12.8. The van der Waals surface area contributed by atoms with Crippen LogP contribution < -0.4 is 0 Å². The molecule has 2 aromatic carbocycles. The van der Waals surface area contributed by atoms with Crippen molar-refractivity contribution in [2.75, 3.05) is 6.54 Å². The van der Waals surface area contributed by atoms with Crippen molar-refractivity contribution in [3.05, 3.63) is 71.0 Å². The minimum absolute atomic E-state index is 0.00784. The van der Waals surface area contributed by atoms with E-state index in [-0.39, 0.29) is 30.5 Å². The third-order valence-electron chi connectivity index (χ3n) is 4.22. The molecule has 0 saturated carbocycles. The highest BCUT2D eigenvalue weighted by atomic mass is 19.1. The summed E-state index contributed by atoms with van der Waals surface area (Å²) >= 11 is 0. The molecule has 0 aliphatic carbocycles. The Kier molecular flexibility index (Phi) is 4.57. The van der Waals surface area contributed by atoms with Gasteiger partial charge in [-0.3, -0.25) is 4.79 Å². The number of hydrogen-bond donors (Lipinski definition) is 1. The summed E-state index contributed by atoms with van der Waals surface area (Å²) in [6.45, 7) is 0.00784. The van der Waals surface area contributed by atoms with Crippen molar-refractivity contribution < 1.29 is 23.1 Å². The van der Waals surface area contributed by atoms with Crippen molar-refractivity contribution in [2.24, 2.45) is 0 Å². The molecule has 1 N–H and O–H groups in total. The van der Waals surface area contributed by atoms with Crippen LogP contribution >= 0.6 is 0 Å². The number of hydrogen-bond acceptors (Lipinski definition) is 2. The fourth-order valence-corrected chi connectivity index (χ4v) is 3.06. The number of β-amino-alcohol motifs (C(OH)–C–C–N with tert-alkyl or cyclic N) is 1. The van der Waals surface area contributed by atoms with E-state index in [4.69, 9.17) is 0 Å². The maximum atomic E-state index is 14.0. The predicted molar refractivity (Wildman–Crippen MR) is 81.5 cm³/mol. The highest BCUT2D eigenvalue weighted by Crippen LogP contribution is 2.34. The topological polar surface area (TPSA) is 40.5 Å². The van der Waals surface area contributed by atoms with Gasteiger partial charge < -0.3 is 10.0 Å². The number of benzene rings is 2. The van der Waals surface area contributed by atoms with Crippen molar-refractivity contribution in [3.63, 3.8) is 0 Å². The molecule has 1 aliphatic rings. The number of carbonyl (C=O) groups excluding carboxylic acids is 1. The Labute approximate surface area is 137 Å². The highest BCUT2D eigenvalue weighted by Gasteiger charge is 2.36. The third-order valence-corrected chi connectivity index (χ3v) is 4.22. The molecule has 2 unspecified atom stereocenters. The first-order valence-corrected chi connectivity index (χ1v) is 7.61. The average molecular weight is 335 g/mol. The van der Waals surface area contributed by atoms with Gasteiger partial charge >= 0.3 is 0 Å². The SMILES string of the molecule is O=C(Cc1ccccc1F)N1CC(O)CC1c1cc(F)ccc1F. The highest BCUT2D eigenvalue weighted by molar-refractivity contribution is 5.79. The molecule has 6 heteroatoms. The van der Waals surface area contributed by atoms with Gasteiger partial charge in [-0.2, -0.15) is 0 Å². The van der Waals surface area contributed by atoms with Crippen LogP contribution in [0.2, 0.25) is 0 Å². The van der Waals surface area contributed by atoms with E-state index in [1.807, 2.05) is 0 Å². The van der Waals surface area contributed by atoms with E-state index >= 15 is 0 Å². The van der Waals surface area contributed by atoms with E-state index < -0.39 is 35.5 Å². The summed E-state index contributed by atoms with van der Waals surface area (Å²) in [7, 11) is 0. The second kappa shape index (κ2) is 6.65. The first-order valence-electron chi connectivity index (χ1n) is 7.61. The third kappa shape index (κ3) is 3.28. The first kappa shape index (κ1) is 16.5. The van der Waals surface area contributed by atoms with Crippen LogP contribution in [0, 0.1) is 17.5 Å². The quantitative estimate of drug-likeness (QED) is 0.937. The summed E-state index contributed by atoms with van der Waals surface area (Å²) in [5.74, 6) is -2.20. The van der Waals surface area contributed by atoms with Gasteiger partial charge in [-0.15, -0.1) is 0 Å². The molecule has 1 fully saturated rings. The van der Waals surface area contributed by atoms with E-state index in [0.717, 1.165) is 18.2 Å². The Balaban J connectivity index is 1.86. The van der Waals surface area contributed by atoms with Gasteiger partial charge in [0.05, 0.1) is 18.6 Å². The summed E-state index contributed by atoms with van der Waals surface area (Å²) in [4.78, 5) is 13.8. The van der Waals surface area contributed by atoms with Gasteiger partial charge in [-0.1, -0.05) is 18.2 Å². The average Bonchev–Trinajstić information content (AvgIpc) is 2.94. The fourth-order valence-electron chi connectivity index (χ4n) is 3.06. The number of carbonyl (C=O) groups is 1. The molecule has 2 atom stereocenters. The van der Waals surface area contributed by atoms with Crippen LogP contribution in [0.4, 0.5) is 13.2 Å². The van der Waals surface area contributed by atoms with Crippen LogP contribution in [0.3, 0.4) is 0 Å². The maximum Gasteiger partial charge on any atom is 0.227 e. The minimum Gasteiger partial charge on any atom is -0.391 e. The molecule has 0 spiro atoms. The molecule has 0 radical (unpaired) electrons. The molecule has 3 nitrogen and oxygen atoms in total. The largest absolute Gasteiger partial charge is 0.391 e. The number of aliphatic hydroxyl groups is 1. The van der Waals surface area contributed by atoms with Crippen LogP contribution in [0.5, 0.6) is 0 Å². The number of likely N-dealkylation sites (tertiary alicyclic amines) is 1. The first-order chi connectivity index (χ1) is 11.5. The molecular weight excluding hydrogens is 319 g/mol. The Hall–Kier alpha value is -2.34. The van der Waals surface area contributed by atoms with E-state index in [9.17, 15) is 23.1 Å². The van der Waals surface area contributed by atoms with Crippen molar-refractivity contribution >= 4 is 5.91 Å². The van der Waals surface area contributed by atoms with Gasteiger partial charge in [0.25, 0.3) is 0 Å².